The smallest absolute Gasteiger partial charge is 0.234 e. The maximum atomic E-state index is 13.8. The molecule has 2 aliphatic rings. The van der Waals surface area contributed by atoms with Gasteiger partial charge in [-0.3, -0.25) is 19.4 Å². The van der Waals surface area contributed by atoms with Crippen molar-refractivity contribution >= 4 is 58.6 Å². The van der Waals surface area contributed by atoms with Crippen LogP contribution in [0.1, 0.15) is 33.9 Å². The first-order chi connectivity index (χ1) is 13.9. The SMILES string of the molecule is Cl.O=C(CN1CCN(Cc2ccccc2F)CC1)NC1CC(=O)c2c(Cl)sc(Cl)c21. The minimum Gasteiger partial charge on any atom is -0.348 e. The molecule has 5 nitrogen and oxygen atoms in total. The van der Waals surface area contributed by atoms with E-state index in [1.165, 1.54) is 6.07 Å². The lowest BCUT2D eigenvalue weighted by molar-refractivity contribution is -0.123. The quantitative estimate of drug-likeness (QED) is 0.680. The van der Waals surface area contributed by atoms with Gasteiger partial charge in [0, 0.05) is 50.3 Å². The highest BCUT2D eigenvalue weighted by Gasteiger charge is 2.36. The molecule has 2 heterocycles. The maximum absolute atomic E-state index is 13.8. The first kappa shape index (κ1) is 23.4. The number of benzene rings is 1. The van der Waals surface area contributed by atoms with E-state index in [0.29, 0.717) is 31.9 Å². The van der Waals surface area contributed by atoms with Crippen molar-refractivity contribution in [3.8, 4) is 0 Å². The van der Waals surface area contributed by atoms with Gasteiger partial charge in [0.15, 0.2) is 5.78 Å². The van der Waals surface area contributed by atoms with Crippen LogP contribution >= 0.6 is 46.9 Å². The predicted octanol–water partition coefficient (Wildman–Crippen LogP) is 4.18. The average molecular weight is 493 g/mol. The van der Waals surface area contributed by atoms with E-state index >= 15 is 0 Å². The number of piperazine rings is 1. The normalized spacial score (nSPS) is 19.4. The van der Waals surface area contributed by atoms with Crippen LogP contribution in [-0.4, -0.2) is 54.2 Å². The van der Waals surface area contributed by atoms with Gasteiger partial charge < -0.3 is 5.32 Å². The fraction of sp³-hybridized carbons (Fsp3) is 0.400. The fourth-order valence-electron chi connectivity index (χ4n) is 3.89. The number of hydrogen-bond acceptors (Lipinski definition) is 5. The molecule has 1 aromatic heterocycles. The van der Waals surface area contributed by atoms with Crippen molar-refractivity contribution in [1.29, 1.82) is 0 Å². The molecule has 162 valence electrons. The van der Waals surface area contributed by atoms with Crippen LogP contribution in [0, 0.1) is 5.82 Å². The summed E-state index contributed by atoms with van der Waals surface area (Å²) in [5.41, 5.74) is 1.79. The molecule has 0 bridgehead atoms. The number of hydrogen-bond donors (Lipinski definition) is 1. The van der Waals surface area contributed by atoms with Crippen molar-refractivity contribution in [2.24, 2.45) is 0 Å². The number of nitrogens with zero attached hydrogens (tertiary/aromatic N) is 2. The third-order valence-corrected chi connectivity index (χ3v) is 7.03. The summed E-state index contributed by atoms with van der Waals surface area (Å²) in [6, 6.07) is 6.39. The number of carbonyl (C=O) groups is 2. The van der Waals surface area contributed by atoms with Crippen LogP contribution in [-0.2, 0) is 11.3 Å². The van der Waals surface area contributed by atoms with E-state index < -0.39 is 6.04 Å². The van der Waals surface area contributed by atoms with E-state index in [2.05, 4.69) is 15.1 Å². The summed E-state index contributed by atoms with van der Waals surface area (Å²) in [6.07, 6.45) is 0.194. The van der Waals surface area contributed by atoms with Gasteiger partial charge in [0.1, 0.15) is 14.5 Å². The summed E-state index contributed by atoms with van der Waals surface area (Å²) in [7, 11) is 0. The zero-order valence-electron chi connectivity index (χ0n) is 16.0. The molecule has 1 amide bonds. The van der Waals surface area contributed by atoms with Crippen molar-refractivity contribution in [2.75, 3.05) is 32.7 Å². The number of rotatable bonds is 5. The van der Waals surface area contributed by atoms with Gasteiger partial charge in [0.2, 0.25) is 5.91 Å². The van der Waals surface area contributed by atoms with Crippen LogP contribution < -0.4 is 5.32 Å². The Balaban J connectivity index is 0.00000256. The van der Waals surface area contributed by atoms with Crippen molar-refractivity contribution in [3.63, 3.8) is 0 Å². The molecule has 1 fully saturated rings. The number of ketones is 1. The Hall–Kier alpha value is -1.22. The van der Waals surface area contributed by atoms with Gasteiger partial charge >= 0.3 is 0 Å². The van der Waals surface area contributed by atoms with E-state index in [1.807, 2.05) is 6.07 Å². The molecule has 10 heteroatoms. The van der Waals surface area contributed by atoms with Crippen molar-refractivity contribution in [1.82, 2.24) is 15.1 Å². The highest BCUT2D eigenvalue weighted by atomic mass is 35.5. The number of amides is 1. The van der Waals surface area contributed by atoms with Crippen LogP contribution in [0.3, 0.4) is 0 Å². The Bertz CT molecular complexity index is 947. The van der Waals surface area contributed by atoms with E-state index in [4.69, 9.17) is 23.2 Å². The molecule has 1 saturated heterocycles. The number of fused-ring (bicyclic) bond motifs is 1. The molecule has 30 heavy (non-hydrogen) atoms. The molecule has 0 spiro atoms. The molecule has 1 atom stereocenters. The van der Waals surface area contributed by atoms with Gasteiger partial charge in [-0.2, -0.15) is 0 Å². The highest BCUT2D eigenvalue weighted by molar-refractivity contribution is 7.20. The van der Waals surface area contributed by atoms with E-state index in [-0.39, 0.29) is 42.9 Å². The first-order valence-electron chi connectivity index (χ1n) is 9.40. The predicted molar refractivity (Wildman–Crippen MR) is 120 cm³/mol. The van der Waals surface area contributed by atoms with Crippen LogP contribution in [0.25, 0.3) is 0 Å². The van der Waals surface area contributed by atoms with Gasteiger partial charge in [0.25, 0.3) is 0 Å². The lowest BCUT2D eigenvalue weighted by atomic mass is 10.1. The third kappa shape index (κ3) is 4.98. The fourth-order valence-corrected chi connectivity index (χ4v) is 5.74. The van der Waals surface area contributed by atoms with E-state index in [1.54, 1.807) is 12.1 Å². The van der Waals surface area contributed by atoms with Crippen LogP contribution in [0.15, 0.2) is 24.3 Å². The standard InChI is InChI=1S/C20H20Cl2FN3O2S.ClH/c21-19-17-14(9-15(27)18(17)20(22)29-19)24-16(28)11-26-7-5-25(6-8-26)10-12-3-1-2-4-13(12)23;/h1-4,14H,5-11H2,(H,24,28);1H. The second-order valence-electron chi connectivity index (χ2n) is 7.33. The Labute approximate surface area is 194 Å². The Morgan fingerprint density at radius 3 is 2.50 bits per heavy atom. The molecule has 1 aliphatic carbocycles. The monoisotopic (exact) mass is 491 g/mol. The molecule has 0 radical (unpaired) electrons. The summed E-state index contributed by atoms with van der Waals surface area (Å²) in [5.74, 6) is -0.413. The molecule has 1 unspecified atom stereocenters. The molecule has 1 N–H and O–H groups in total. The molecule has 4 rings (SSSR count). The summed E-state index contributed by atoms with van der Waals surface area (Å²) >= 11 is 13.5. The molecule has 1 aliphatic heterocycles. The van der Waals surface area contributed by atoms with Crippen molar-refractivity contribution in [3.05, 3.63) is 55.4 Å². The summed E-state index contributed by atoms with van der Waals surface area (Å²) in [6.45, 7) is 3.79. The minimum absolute atomic E-state index is 0. The number of nitrogens with one attached hydrogen (secondary N) is 1. The van der Waals surface area contributed by atoms with E-state index in [0.717, 1.165) is 37.5 Å². The van der Waals surface area contributed by atoms with Crippen LogP contribution in [0.5, 0.6) is 0 Å². The lowest BCUT2D eigenvalue weighted by Gasteiger charge is -2.34. The summed E-state index contributed by atoms with van der Waals surface area (Å²) in [5, 5.41) is 2.92. The van der Waals surface area contributed by atoms with Crippen LogP contribution in [0.2, 0.25) is 8.67 Å². The number of Topliss-reactive ketones (excluding diaryl/α,β-unsaturated/α-hetero) is 1. The number of thiophene rings is 1. The Morgan fingerprint density at radius 2 is 1.80 bits per heavy atom. The van der Waals surface area contributed by atoms with Crippen LogP contribution in [0.4, 0.5) is 4.39 Å². The van der Waals surface area contributed by atoms with Gasteiger partial charge in [-0.05, 0) is 6.07 Å². The summed E-state index contributed by atoms with van der Waals surface area (Å²) < 4.78 is 14.7. The zero-order valence-corrected chi connectivity index (χ0v) is 19.1. The van der Waals surface area contributed by atoms with Gasteiger partial charge in [-0.1, -0.05) is 41.4 Å². The third-order valence-electron chi connectivity index (χ3n) is 5.39. The van der Waals surface area contributed by atoms with Gasteiger partial charge in [-0.25, -0.2) is 4.39 Å². The van der Waals surface area contributed by atoms with Crippen molar-refractivity contribution < 1.29 is 14.0 Å². The number of halogens is 4. The second-order valence-corrected chi connectivity index (χ2v) is 9.55. The number of carbonyl (C=O) groups excluding carboxylic acids is 2. The van der Waals surface area contributed by atoms with Gasteiger partial charge in [-0.15, -0.1) is 23.7 Å². The lowest BCUT2D eigenvalue weighted by Crippen LogP contribution is -2.49. The molecule has 0 saturated carbocycles. The topological polar surface area (TPSA) is 52.7 Å². The van der Waals surface area contributed by atoms with Crippen molar-refractivity contribution in [2.45, 2.75) is 19.0 Å². The molecule has 1 aromatic carbocycles. The average Bonchev–Trinajstić information content (AvgIpc) is 3.16. The molecular formula is C20H21Cl3FN3O2S. The minimum atomic E-state index is -0.413. The Kier molecular flexibility index (Phi) is 7.76. The largest absolute Gasteiger partial charge is 0.348 e. The second kappa shape index (κ2) is 9.94. The zero-order chi connectivity index (χ0) is 20.5. The Morgan fingerprint density at radius 1 is 1.13 bits per heavy atom. The molecular weight excluding hydrogens is 472 g/mol. The van der Waals surface area contributed by atoms with Gasteiger partial charge in [0.05, 0.1) is 18.2 Å². The summed E-state index contributed by atoms with van der Waals surface area (Å²) in [4.78, 5) is 28.9. The maximum Gasteiger partial charge on any atom is 0.234 e. The molecule has 2 aromatic rings. The van der Waals surface area contributed by atoms with E-state index in [9.17, 15) is 14.0 Å². The first-order valence-corrected chi connectivity index (χ1v) is 11.0. The highest BCUT2D eigenvalue weighted by Crippen LogP contribution is 2.46.